The first-order valence-corrected chi connectivity index (χ1v) is 16.7. The first-order valence-electron chi connectivity index (χ1n) is 16.7. The molecule has 2 aromatic carbocycles. The number of fused-ring (bicyclic) bond motifs is 5. The molecule has 8 atom stereocenters. The summed E-state index contributed by atoms with van der Waals surface area (Å²) in [5, 5.41) is 80.3. The molecule has 0 spiro atoms. The standard InChI is InChI=1S/C36H40N2O15/c1-13-9-15-10-20(40)36(52-5)32(46)23-17(31(45)35(36,49)24(15)27(43)21(13)34(47)48)11-16-22(26(23)42)18(37-7-6-8-39)12-19(25(16)41)38-33-30(51-4)28(44)29(50-3)14(2)53-33/h9,11-12,14,20,28-30,33,38-40,42-44,49H,6-8,10H2,1-5H3,(H,47,48)/b37-18+/t14-,20?,28+,29-,30+,33-,35?,36?/m0/s1. The summed E-state index contributed by atoms with van der Waals surface area (Å²) in [6, 6.07) is 2.21. The summed E-state index contributed by atoms with van der Waals surface area (Å²) < 4.78 is 22.3. The number of rotatable bonds is 9. The fourth-order valence-corrected chi connectivity index (χ4v) is 8.17. The van der Waals surface area contributed by atoms with Crippen LogP contribution in [0.2, 0.25) is 0 Å². The lowest BCUT2D eigenvalue weighted by molar-refractivity contribution is -0.236. The van der Waals surface area contributed by atoms with Crippen molar-refractivity contribution in [3.8, 4) is 11.5 Å². The number of carboxylic acid groups (broad SMARTS) is 1. The van der Waals surface area contributed by atoms with Gasteiger partial charge in [0, 0.05) is 57.6 Å². The maximum Gasteiger partial charge on any atom is 0.339 e. The van der Waals surface area contributed by atoms with E-state index >= 15 is 0 Å². The zero-order valence-electron chi connectivity index (χ0n) is 29.4. The number of carbonyl (C=O) groups is 4. The van der Waals surface area contributed by atoms with Crippen molar-refractivity contribution < 1.29 is 73.9 Å². The molecule has 0 aromatic heterocycles. The molecule has 2 aromatic rings. The minimum absolute atomic E-state index is 0.0135. The molecule has 8 N–H and O–H groups in total. The van der Waals surface area contributed by atoms with Crippen LogP contribution in [0, 0.1) is 6.92 Å². The van der Waals surface area contributed by atoms with Gasteiger partial charge in [-0.25, -0.2) is 4.79 Å². The Labute approximate surface area is 302 Å². The van der Waals surface area contributed by atoms with Gasteiger partial charge >= 0.3 is 5.97 Å². The van der Waals surface area contributed by atoms with Crippen LogP contribution in [0.5, 0.6) is 11.5 Å². The first kappa shape index (κ1) is 38.1. The number of phenols is 2. The number of methoxy groups -OCH3 is 3. The highest BCUT2D eigenvalue weighted by atomic mass is 16.6. The maximum atomic E-state index is 14.7. The summed E-state index contributed by atoms with van der Waals surface area (Å²) >= 11 is 0. The van der Waals surface area contributed by atoms with Crippen LogP contribution in [0.15, 0.2) is 28.9 Å². The molecule has 17 heteroatoms. The number of ketones is 3. The van der Waals surface area contributed by atoms with Crippen molar-refractivity contribution in [2.24, 2.45) is 4.99 Å². The highest BCUT2D eigenvalue weighted by molar-refractivity contribution is 6.31. The fraction of sp³-hybridized carbons (Fsp3) is 0.472. The molecule has 1 aliphatic heterocycles. The largest absolute Gasteiger partial charge is 0.507 e. The third-order valence-corrected chi connectivity index (χ3v) is 10.6. The molecule has 3 aliphatic carbocycles. The van der Waals surface area contributed by atoms with Crippen LogP contribution < -0.4 is 5.32 Å². The number of aryl methyl sites for hydroxylation is 1. The summed E-state index contributed by atoms with van der Waals surface area (Å²) in [6.45, 7) is 2.73. The second-order valence-electron chi connectivity index (χ2n) is 13.4. The molecule has 17 nitrogen and oxygen atoms in total. The van der Waals surface area contributed by atoms with E-state index in [1.165, 1.54) is 33.3 Å². The van der Waals surface area contributed by atoms with Crippen LogP contribution in [-0.2, 0) is 31.0 Å². The van der Waals surface area contributed by atoms with E-state index in [4.69, 9.17) is 18.9 Å². The lowest BCUT2D eigenvalue weighted by atomic mass is 9.56. The summed E-state index contributed by atoms with van der Waals surface area (Å²) in [4.78, 5) is 60.2. The summed E-state index contributed by atoms with van der Waals surface area (Å²) in [5.41, 5.74) is -9.86. The molecule has 1 saturated heterocycles. The topological polar surface area (TPSA) is 271 Å². The average molecular weight is 741 g/mol. The number of aromatic carboxylic acids is 1. The predicted molar refractivity (Wildman–Crippen MR) is 181 cm³/mol. The Morgan fingerprint density at radius 1 is 1.02 bits per heavy atom. The number of aliphatic imine (C=N–C) groups is 1. The van der Waals surface area contributed by atoms with E-state index in [1.807, 2.05) is 0 Å². The molecular weight excluding hydrogens is 700 g/mol. The van der Waals surface area contributed by atoms with E-state index in [9.17, 15) is 54.9 Å². The third-order valence-electron chi connectivity index (χ3n) is 10.6. The smallest absolute Gasteiger partial charge is 0.339 e. The fourth-order valence-electron chi connectivity index (χ4n) is 8.17. The van der Waals surface area contributed by atoms with Gasteiger partial charge in [-0.05, 0) is 43.5 Å². The van der Waals surface area contributed by atoms with Crippen molar-refractivity contribution in [2.45, 2.75) is 74.6 Å². The number of carboxylic acids is 1. The van der Waals surface area contributed by atoms with Crippen molar-refractivity contribution in [3.63, 3.8) is 0 Å². The molecule has 284 valence electrons. The van der Waals surface area contributed by atoms with Crippen molar-refractivity contribution >= 4 is 29.0 Å². The highest BCUT2D eigenvalue weighted by Crippen LogP contribution is 2.56. The second kappa shape index (κ2) is 13.7. The molecule has 1 heterocycles. The predicted octanol–water partition coefficient (Wildman–Crippen LogP) is -0.350. The molecule has 0 bridgehead atoms. The van der Waals surface area contributed by atoms with Crippen LogP contribution in [0.1, 0.15) is 77.0 Å². The number of aliphatic hydroxyl groups is 4. The monoisotopic (exact) mass is 740 g/mol. The Kier molecular flexibility index (Phi) is 9.84. The van der Waals surface area contributed by atoms with Gasteiger partial charge in [-0.2, -0.15) is 0 Å². The first-order chi connectivity index (χ1) is 25.1. The second-order valence-corrected chi connectivity index (χ2v) is 13.4. The molecule has 3 unspecified atom stereocenters. The van der Waals surface area contributed by atoms with Crippen molar-refractivity contribution in [1.29, 1.82) is 0 Å². The lowest BCUT2D eigenvalue weighted by Crippen LogP contribution is -2.73. The number of carbonyl (C=O) groups excluding carboxylic acids is 3. The van der Waals surface area contributed by atoms with Gasteiger partial charge in [-0.3, -0.25) is 19.4 Å². The Bertz CT molecular complexity index is 1990. The molecule has 4 aliphatic rings. The summed E-state index contributed by atoms with van der Waals surface area (Å²) in [6.07, 6.45) is -5.88. The number of nitrogens with one attached hydrogen (secondary N) is 1. The number of Topliss-reactive ketones (excluding diaryl/α,β-unsaturated/α-hetero) is 3. The van der Waals surface area contributed by atoms with Gasteiger partial charge in [0.25, 0.3) is 0 Å². The molecule has 6 rings (SSSR count). The minimum atomic E-state index is -3.26. The molecule has 0 saturated carbocycles. The van der Waals surface area contributed by atoms with Gasteiger partial charge in [-0.15, -0.1) is 0 Å². The van der Waals surface area contributed by atoms with Crippen LogP contribution in [-0.4, -0.2) is 142 Å². The van der Waals surface area contributed by atoms with Crippen LogP contribution in [0.25, 0.3) is 0 Å². The van der Waals surface area contributed by atoms with E-state index < -0.39 is 111 Å². The number of aliphatic hydroxyl groups excluding tert-OH is 3. The van der Waals surface area contributed by atoms with Crippen LogP contribution >= 0.6 is 0 Å². The van der Waals surface area contributed by atoms with Crippen LogP contribution in [0.4, 0.5) is 0 Å². The molecule has 0 radical (unpaired) electrons. The summed E-state index contributed by atoms with van der Waals surface area (Å²) in [5.74, 6) is -7.09. The minimum Gasteiger partial charge on any atom is -0.507 e. The number of benzene rings is 2. The third kappa shape index (κ3) is 5.25. The lowest BCUT2D eigenvalue weighted by Gasteiger charge is -2.53. The Hall–Kier alpha value is -4.59. The van der Waals surface area contributed by atoms with E-state index in [0.717, 1.165) is 13.2 Å². The quantitative estimate of drug-likeness (QED) is 0.153. The number of allylic oxidation sites excluding steroid dienone is 2. The Morgan fingerprint density at radius 3 is 2.30 bits per heavy atom. The molecular formula is C36H40N2O15. The molecule has 53 heavy (non-hydrogen) atoms. The van der Waals surface area contributed by atoms with Crippen molar-refractivity contribution in [2.75, 3.05) is 34.5 Å². The van der Waals surface area contributed by atoms with Crippen molar-refractivity contribution in [3.05, 3.63) is 68.4 Å². The summed E-state index contributed by atoms with van der Waals surface area (Å²) in [7, 11) is 3.63. The SMILES string of the molecule is CO[C@@H]1[C@@H](O)[C@@H](OC)[C@@H](NC2=C/C(=N\CCCO)c3c(cc4c(c3O)C(=O)C3(OC)C(O)Cc5cc(C)c(C(=O)O)c(O)c5C3(O)C4=O)C2=O)O[C@H]1C. The number of phenolic OH excluding ortho intramolecular Hbond substituents is 1. The highest BCUT2D eigenvalue weighted by Gasteiger charge is 2.72. The Balaban J connectivity index is 1.56. The maximum absolute atomic E-state index is 14.7. The van der Waals surface area contributed by atoms with E-state index in [1.54, 1.807) is 6.92 Å². The van der Waals surface area contributed by atoms with E-state index in [2.05, 4.69) is 10.3 Å². The number of hydrogen-bond acceptors (Lipinski definition) is 16. The number of ether oxygens (including phenoxy) is 4. The van der Waals surface area contributed by atoms with Gasteiger partial charge in [0.2, 0.25) is 17.3 Å². The van der Waals surface area contributed by atoms with Gasteiger partial charge < -0.3 is 60.0 Å². The molecule has 1 fully saturated rings. The average Bonchev–Trinajstić information content (AvgIpc) is 3.09. The van der Waals surface area contributed by atoms with Crippen molar-refractivity contribution in [1.82, 2.24) is 5.32 Å². The zero-order valence-corrected chi connectivity index (χ0v) is 29.4. The van der Waals surface area contributed by atoms with Gasteiger partial charge in [0.15, 0.2) is 17.4 Å². The Morgan fingerprint density at radius 2 is 1.70 bits per heavy atom. The number of hydrogen-bond donors (Lipinski definition) is 8. The molecule has 0 amide bonds. The van der Waals surface area contributed by atoms with Crippen LogP contribution in [0.3, 0.4) is 0 Å². The van der Waals surface area contributed by atoms with Gasteiger partial charge in [0.05, 0.1) is 34.7 Å². The van der Waals surface area contributed by atoms with E-state index in [-0.39, 0.29) is 53.2 Å². The van der Waals surface area contributed by atoms with E-state index in [0.29, 0.717) is 0 Å². The van der Waals surface area contributed by atoms with Gasteiger partial charge in [0.1, 0.15) is 35.4 Å². The number of nitrogens with zero attached hydrogens (tertiary/aromatic N) is 1. The number of aromatic hydroxyl groups is 2. The van der Waals surface area contributed by atoms with Gasteiger partial charge in [-0.1, -0.05) is 6.07 Å². The normalized spacial score (nSPS) is 31.4. The zero-order chi connectivity index (χ0) is 38.9.